The number of ketones is 1. The Labute approximate surface area is 183 Å². The summed E-state index contributed by atoms with van der Waals surface area (Å²) in [4.78, 5) is 50.2. The zero-order chi connectivity index (χ0) is 23.0. The van der Waals surface area contributed by atoms with Gasteiger partial charge in [-0.25, -0.2) is 0 Å². The smallest absolute Gasteiger partial charge is 0.324 e. The van der Waals surface area contributed by atoms with Crippen molar-refractivity contribution in [3.8, 4) is 0 Å². The van der Waals surface area contributed by atoms with Gasteiger partial charge in [-0.1, -0.05) is 30.7 Å². The predicted molar refractivity (Wildman–Crippen MR) is 111 cm³/mol. The van der Waals surface area contributed by atoms with E-state index in [2.05, 4.69) is 0 Å². The molecular weight excluding hydrogens is 426 g/mol. The molecule has 0 spiro atoms. The van der Waals surface area contributed by atoms with Gasteiger partial charge in [0.15, 0.2) is 11.2 Å². The molecule has 0 aliphatic heterocycles. The fourth-order valence-corrected chi connectivity index (χ4v) is 4.80. The van der Waals surface area contributed by atoms with Gasteiger partial charge in [-0.05, 0) is 36.2 Å². The van der Waals surface area contributed by atoms with Crippen LogP contribution in [0.2, 0.25) is 5.02 Å². The summed E-state index contributed by atoms with van der Waals surface area (Å²) in [6, 6.07) is 11.5. The second-order valence-electron chi connectivity index (χ2n) is 7.23. The molecule has 1 aliphatic rings. The van der Waals surface area contributed by atoms with Gasteiger partial charge in [-0.15, -0.1) is 0 Å². The fraction of sp³-hybridized carbons (Fsp3) is 0.318. The van der Waals surface area contributed by atoms with Crippen LogP contribution in [0.4, 0.5) is 5.69 Å². The maximum atomic E-state index is 13.7. The number of carbonyl (C=O) groups excluding carboxylic acids is 3. The topological polar surface area (TPSA) is 113 Å². The van der Waals surface area contributed by atoms with Crippen LogP contribution in [-0.4, -0.2) is 36.9 Å². The molecule has 31 heavy (non-hydrogen) atoms. The largest absolute Gasteiger partial charge is 0.468 e. The van der Waals surface area contributed by atoms with Crippen LogP contribution in [0.3, 0.4) is 0 Å². The molecule has 1 saturated carbocycles. The molecule has 0 saturated heterocycles. The van der Waals surface area contributed by atoms with E-state index in [1.807, 2.05) is 0 Å². The van der Waals surface area contributed by atoms with E-state index in [1.165, 1.54) is 36.4 Å². The summed E-state index contributed by atoms with van der Waals surface area (Å²) in [6.45, 7) is 1.69. The summed E-state index contributed by atoms with van der Waals surface area (Å²) in [6.07, 6.45) is 0.125. The molecule has 1 fully saturated rings. The first-order valence-electron chi connectivity index (χ1n) is 9.43. The van der Waals surface area contributed by atoms with E-state index in [1.54, 1.807) is 19.1 Å². The number of hydrogen-bond acceptors (Lipinski definition) is 7. The Kier molecular flexibility index (Phi) is 5.87. The van der Waals surface area contributed by atoms with Gasteiger partial charge < -0.3 is 9.47 Å². The van der Waals surface area contributed by atoms with E-state index in [0.717, 1.165) is 14.2 Å². The highest BCUT2D eigenvalue weighted by atomic mass is 35.5. The molecule has 0 unspecified atom stereocenters. The number of methoxy groups -OCH3 is 2. The van der Waals surface area contributed by atoms with Crippen LogP contribution in [0.5, 0.6) is 0 Å². The van der Waals surface area contributed by atoms with Crippen LogP contribution in [0, 0.1) is 20.9 Å². The van der Waals surface area contributed by atoms with Crippen molar-refractivity contribution in [2.24, 2.45) is 10.8 Å². The third-order valence-electron chi connectivity index (χ3n) is 6.07. The van der Waals surface area contributed by atoms with Gasteiger partial charge in [-0.3, -0.25) is 24.5 Å². The van der Waals surface area contributed by atoms with Crippen molar-refractivity contribution in [3.63, 3.8) is 0 Å². The summed E-state index contributed by atoms with van der Waals surface area (Å²) >= 11 is 5.93. The second kappa shape index (κ2) is 8.11. The molecule has 0 N–H and O–H groups in total. The lowest BCUT2D eigenvalue weighted by Crippen LogP contribution is -2.37. The van der Waals surface area contributed by atoms with Crippen molar-refractivity contribution in [2.75, 3.05) is 14.2 Å². The minimum absolute atomic E-state index is 0.125. The Balaban J connectivity index is 2.24. The minimum atomic E-state index is -1.92. The Hall–Kier alpha value is -3.26. The number of carbonyl (C=O) groups is 3. The first kappa shape index (κ1) is 22.4. The van der Waals surface area contributed by atoms with E-state index >= 15 is 0 Å². The molecule has 9 heteroatoms. The molecule has 0 heterocycles. The number of rotatable bonds is 7. The average Bonchev–Trinajstić information content (AvgIpc) is 3.43. The first-order valence-corrected chi connectivity index (χ1v) is 9.81. The Morgan fingerprint density at radius 2 is 1.52 bits per heavy atom. The van der Waals surface area contributed by atoms with E-state index in [0.29, 0.717) is 10.6 Å². The molecule has 0 bridgehead atoms. The number of ether oxygens (including phenoxy) is 2. The Morgan fingerprint density at radius 1 is 1.00 bits per heavy atom. The zero-order valence-electron chi connectivity index (χ0n) is 17.1. The minimum Gasteiger partial charge on any atom is -0.468 e. The van der Waals surface area contributed by atoms with Crippen molar-refractivity contribution in [2.45, 2.75) is 19.3 Å². The van der Waals surface area contributed by atoms with Crippen LogP contribution >= 0.6 is 11.6 Å². The van der Waals surface area contributed by atoms with Crippen LogP contribution in [-0.2, 0) is 19.1 Å². The standard InChI is InChI=1S/C22H20ClNO7/c1-4-21(18(25)14-5-9-15(23)10-6-14)17(13-7-11-16(12-8-13)24(28)29)22(21,19(26)30-2)20(27)31-3/h5-12,17H,4H2,1-3H3/t17-,21+/m0/s1. The maximum Gasteiger partial charge on any atom is 0.324 e. The average molecular weight is 446 g/mol. The molecule has 3 rings (SSSR count). The number of nitro benzene ring substituents is 1. The predicted octanol–water partition coefficient (Wildman–Crippen LogP) is 3.96. The Morgan fingerprint density at radius 3 is 1.94 bits per heavy atom. The van der Waals surface area contributed by atoms with Crippen LogP contribution in [0.15, 0.2) is 48.5 Å². The van der Waals surface area contributed by atoms with E-state index in [-0.39, 0.29) is 17.7 Å². The zero-order valence-corrected chi connectivity index (χ0v) is 17.8. The number of non-ortho nitro benzene ring substituents is 1. The van der Waals surface area contributed by atoms with Gasteiger partial charge in [0, 0.05) is 28.6 Å². The molecule has 2 aromatic carbocycles. The highest BCUT2D eigenvalue weighted by molar-refractivity contribution is 6.30. The van der Waals surface area contributed by atoms with Crippen molar-refractivity contribution < 1.29 is 28.8 Å². The van der Waals surface area contributed by atoms with Gasteiger partial charge in [0.1, 0.15) is 0 Å². The van der Waals surface area contributed by atoms with E-state index < -0.39 is 39.4 Å². The third kappa shape index (κ3) is 3.09. The molecule has 2 atom stereocenters. The van der Waals surface area contributed by atoms with E-state index in [4.69, 9.17) is 21.1 Å². The quantitative estimate of drug-likeness (QED) is 0.208. The van der Waals surface area contributed by atoms with Gasteiger partial charge in [0.25, 0.3) is 5.69 Å². The first-order chi connectivity index (χ1) is 14.7. The summed E-state index contributed by atoms with van der Waals surface area (Å²) in [5.41, 5.74) is -2.87. The maximum absolute atomic E-state index is 13.7. The highest BCUT2D eigenvalue weighted by Gasteiger charge is 2.88. The molecule has 0 amide bonds. The molecule has 2 aromatic rings. The number of Topliss-reactive ketones (excluding diaryl/α,β-unsaturated/α-hetero) is 1. The van der Waals surface area contributed by atoms with Crippen molar-refractivity contribution in [1.82, 2.24) is 0 Å². The molecule has 162 valence electrons. The van der Waals surface area contributed by atoms with Crippen molar-refractivity contribution >= 4 is 35.0 Å². The highest BCUT2D eigenvalue weighted by Crippen LogP contribution is 2.77. The van der Waals surface area contributed by atoms with Crippen molar-refractivity contribution in [3.05, 3.63) is 74.8 Å². The van der Waals surface area contributed by atoms with Gasteiger partial charge in [0.2, 0.25) is 0 Å². The molecule has 0 aromatic heterocycles. The Bertz CT molecular complexity index is 1030. The number of nitro groups is 1. The molecule has 8 nitrogen and oxygen atoms in total. The van der Waals surface area contributed by atoms with Crippen molar-refractivity contribution in [1.29, 1.82) is 0 Å². The summed E-state index contributed by atoms with van der Waals surface area (Å²) in [5.74, 6) is -3.15. The lowest BCUT2D eigenvalue weighted by Gasteiger charge is -2.20. The lowest BCUT2D eigenvalue weighted by atomic mass is 9.83. The number of halogens is 1. The van der Waals surface area contributed by atoms with Gasteiger partial charge in [-0.2, -0.15) is 0 Å². The molecule has 1 aliphatic carbocycles. The monoisotopic (exact) mass is 445 g/mol. The summed E-state index contributed by atoms with van der Waals surface area (Å²) < 4.78 is 9.91. The van der Waals surface area contributed by atoms with Crippen LogP contribution < -0.4 is 0 Å². The summed E-state index contributed by atoms with van der Waals surface area (Å²) in [5, 5.41) is 11.5. The number of hydrogen-bond donors (Lipinski definition) is 0. The van der Waals surface area contributed by atoms with Gasteiger partial charge in [0.05, 0.1) is 24.6 Å². The number of esters is 2. The molecule has 0 radical (unpaired) electrons. The van der Waals surface area contributed by atoms with Gasteiger partial charge >= 0.3 is 11.9 Å². The number of benzene rings is 2. The third-order valence-corrected chi connectivity index (χ3v) is 6.32. The van der Waals surface area contributed by atoms with Crippen LogP contribution in [0.25, 0.3) is 0 Å². The second-order valence-corrected chi connectivity index (χ2v) is 7.67. The summed E-state index contributed by atoms with van der Waals surface area (Å²) in [7, 11) is 2.26. The lowest BCUT2D eigenvalue weighted by molar-refractivity contribution is -0.384. The normalized spacial score (nSPS) is 21.1. The SMILES string of the molecule is CC[C@]1(C(=O)c2ccc(Cl)cc2)[C@H](c2ccc([N+](=O)[O-])cc2)C1(C(=O)OC)C(=O)OC. The fourth-order valence-electron chi connectivity index (χ4n) is 4.68. The molecular formula is C22H20ClNO7. The number of nitrogens with zero attached hydrogens (tertiary/aromatic N) is 1. The van der Waals surface area contributed by atoms with E-state index in [9.17, 15) is 24.5 Å². The van der Waals surface area contributed by atoms with Crippen LogP contribution in [0.1, 0.15) is 35.2 Å².